The zero-order chi connectivity index (χ0) is 19.3. The van der Waals surface area contributed by atoms with E-state index in [-0.39, 0.29) is 5.91 Å². The van der Waals surface area contributed by atoms with Crippen molar-refractivity contribution in [3.05, 3.63) is 29.3 Å². The molecule has 0 aliphatic heterocycles. The van der Waals surface area contributed by atoms with Crippen LogP contribution in [0.25, 0.3) is 5.69 Å². The number of rotatable bonds is 5. The first-order chi connectivity index (χ1) is 13.6. The molecule has 0 atom stereocenters. The monoisotopic (exact) mass is 397 g/mol. The molecule has 0 unspecified atom stereocenters. The largest absolute Gasteiger partial charge is 0.352 e. The van der Waals surface area contributed by atoms with Gasteiger partial charge in [0.25, 0.3) is 0 Å². The molecule has 148 valence electrons. The summed E-state index contributed by atoms with van der Waals surface area (Å²) in [6, 6.07) is 6.52. The standard InChI is InChI=1S/C21H27N5OS/c1-12-4-3-5-13(2)20(12)26-21(23-24-25-26)28-11-18(27)22-19-16-7-14-6-15(9-16)10-17(19)8-14/h3-5,14-17,19H,6-11H2,1-2H3,(H,22,27). The fourth-order valence-corrected chi connectivity index (χ4v) is 6.76. The number of aromatic nitrogens is 4. The number of nitrogens with zero attached hydrogens (tertiary/aromatic N) is 4. The van der Waals surface area contributed by atoms with Crippen molar-refractivity contribution >= 4 is 17.7 Å². The number of hydrogen-bond donors (Lipinski definition) is 1. The first-order valence-electron chi connectivity index (χ1n) is 10.4. The third-order valence-corrected chi connectivity index (χ3v) is 7.90. The van der Waals surface area contributed by atoms with Crippen molar-refractivity contribution in [2.75, 3.05) is 5.75 Å². The summed E-state index contributed by atoms with van der Waals surface area (Å²) in [5, 5.41) is 16.2. The van der Waals surface area contributed by atoms with E-state index in [0.717, 1.165) is 28.7 Å². The molecular formula is C21H27N5OS. The number of para-hydroxylation sites is 1. The van der Waals surface area contributed by atoms with Crippen molar-refractivity contribution in [1.29, 1.82) is 0 Å². The highest BCUT2D eigenvalue weighted by Gasteiger charge is 2.48. The lowest BCUT2D eigenvalue weighted by Crippen LogP contribution is -2.56. The summed E-state index contributed by atoms with van der Waals surface area (Å²) in [6.45, 7) is 4.11. The summed E-state index contributed by atoms with van der Waals surface area (Å²) in [5.74, 6) is 3.71. The molecule has 4 fully saturated rings. The highest BCUT2D eigenvalue weighted by atomic mass is 32.2. The van der Waals surface area contributed by atoms with Crippen LogP contribution >= 0.6 is 11.8 Å². The lowest BCUT2D eigenvalue weighted by molar-refractivity contribution is -0.122. The van der Waals surface area contributed by atoms with Gasteiger partial charge >= 0.3 is 0 Å². The Hall–Kier alpha value is -1.89. The molecule has 4 aliphatic rings. The molecule has 6 nitrogen and oxygen atoms in total. The zero-order valence-corrected chi connectivity index (χ0v) is 17.3. The Kier molecular flexibility index (Phi) is 4.65. The van der Waals surface area contributed by atoms with E-state index < -0.39 is 0 Å². The van der Waals surface area contributed by atoms with Crippen LogP contribution in [0.3, 0.4) is 0 Å². The van der Waals surface area contributed by atoms with Crippen LogP contribution in [0.1, 0.15) is 43.2 Å². The van der Waals surface area contributed by atoms with E-state index in [9.17, 15) is 4.79 Å². The first-order valence-corrected chi connectivity index (χ1v) is 11.3. The average Bonchev–Trinajstić information content (AvgIpc) is 3.10. The molecule has 7 heteroatoms. The number of tetrazole rings is 1. The Balaban J connectivity index is 1.24. The van der Waals surface area contributed by atoms with E-state index in [4.69, 9.17) is 0 Å². The summed E-state index contributed by atoms with van der Waals surface area (Å²) >= 11 is 1.41. The van der Waals surface area contributed by atoms with Gasteiger partial charge in [0.2, 0.25) is 11.1 Å². The van der Waals surface area contributed by atoms with Gasteiger partial charge in [0.1, 0.15) is 0 Å². The third-order valence-electron chi connectivity index (χ3n) is 6.98. The molecule has 4 aliphatic carbocycles. The van der Waals surface area contributed by atoms with Gasteiger partial charge in [-0.15, -0.1) is 5.10 Å². The number of carbonyl (C=O) groups excluding carboxylic acids is 1. The average molecular weight is 398 g/mol. The topological polar surface area (TPSA) is 72.7 Å². The number of hydrogen-bond acceptors (Lipinski definition) is 5. The summed E-state index contributed by atoms with van der Waals surface area (Å²) in [7, 11) is 0. The Labute approximate surface area is 169 Å². The summed E-state index contributed by atoms with van der Waals surface area (Å²) < 4.78 is 1.76. The van der Waals surface area contributed by atoms with Gasteiger partial charge in [-0.25, -0.2) is 0 Å². The molecule has 4 saturated carbocycles. The minimum absolute atomic E-state index is 0.110. The predicted molar refractivity (Wildman–Crippen MR) is 108 cm³/mol. The molecule has 0 saturated heterocycles. The molecule has 1 amide bonds. The fraction of sp³-hybridized carbons (Fsp3) is 0.619. The van der Waals surface area contributed by atoms with E-state index in [0.29, 0.717) is 28.8 Å². The van der Waals surface area contributed by atoms with Gasteiger partial charge in [-0.1, -0.05) is 30.0 Å². The Morgan fingerprint density at radius 1 is 1.11 bits per heavy atom. The highest BCUT2D eigenvalue weighted by Crippen LogP contribution is 2.53. The highest BCUT2D eigenvalue weighted by molar-refractivity contribution is 7.99. The first kappa shape index (κ1) is 18.2. The number of thioether (sulfide) groups is 1. The van der Waals surface area contributed by atoms with Gasteiger partial charge in [-0.3, -0.25) is 4.79 Å². The second-order valence-corrected chi connectivity index (χ2v) is 9.87. The number of nitrogens with one attached hydrogen (secondary N) is 1. The van der Waals surface area contributed by atoms with Crippen LogP contribution in [0.15, 0.2) is 23.4 Å². The maximum Gasteiger partial charge on any atom is 0.230 e. The van der Waals surface area contributed by atoms with Gasteiger partial charge in [-0.05, 0) is 91.2 Å². The Morgan fingerprint density at radius 2 is 1.75 bits per heavy atom. The van der Waals surface area contributed by atoms with Gasteiger partial charge in [0.05, 0.1) is 11.4 Å². The van der Waals surface area contributed by atoms with Gasteiger partial charge < -0.3 is 5.32 Å². The molecule has 6 rings (SSSR count). The molecule has 1 heterocycles. The molecular weight excluding hydrogens is 370 g/mol. The lowest BCUT2D eigenvalue weighted by atomic mass is 9.54. The van der Waals surface area contributed by atoms with E-state index in [1.807, 2.05) is 6.07 Å². The minimum atomic E-state index is 0.110. The molecule has 0 radical (unpaired) electrons. The van der Waals surface area contributed by atoms with Crippen molar-refractivity contribution < 1.29 is 4.79 Å². The molecule has 1 aromatic carbocycles. The van der Waals surface area contributed by atoms with E-state index >= 15 is 0 Å². The van der Waals surface area contributed by atoms with Crippen molar-refractivity contribution in [3.63, 3.8) is 0 Å². The molecule has 1 N–H and O–H groups in total. The van der Waals surface area contributed by atoms with Crippen molar-refractivity contribution in [2.45, 2.75) is 57.1 Å². The van der Waals surface area contributed by atoms with Crippen LogP contribution < -0.4 is 5.32 Å². The molecule has 1 aromatic heterocycles. The Bertz CT molecular complexity index is 846. The minimum Gasteiger partial charge on any atom is -0.352 e. The third kappa shape index (κ3) is 3.23. The second kappa shape index (κ2) is 7.17. The van der Waals surface area contributed by atoms with Crippen LogP contribution in [0.4, 0.5) is 0 Å². The van der Waals surface area contributed by atoms with E-state index in [1.165, 1.54) is 43.9 Å². The maximum atomic E-state index is 12.7. The number of benzene rings is 1. The van der Waals surface area contributed by atoms with Crippen LogP contribution in [-0.2, 0) is 4.79 Å². The smallest absolute Gasteiger partial charge is 0.230 e. The van der Waals surface area contributed by atoms with E-state index in [1.54, 1.807) is 4.68 Å². The van der Waals surface area contributed by atoms with Crippen LogP contribution in [-0.4, -0.2) is 37.9 Å². The molecule has 0 spiro atoms. The summed E-state index contributed by atoms with van der Waals surface area (Å²) in [6.07, 6.45) is 6.70. The number of amides is 1. The Morgan fingerprint density at radius 3 is 2.39 bits per heavy atom. The summed E-state index contributed by atoms with van der Waals surface area (Å²) in [5.41, 5.74) is 3.23. The van der Waals surface area contributed by atoms with Gasteiger partial charge in [0.15, 0.2) is 0 Å². The molecule has 4 bridgehead atoms. The zero-order valence-electron chi connectivity index (χ0n) is 16.5. The van der Waals surface area contributed by atoms with Gasteiger partial charge in [-0.2, -0.15) is 4.68 Å². The van der Waals surface area contributed by atoms with Crippen LogP contribution in [0.2, 0.25) is 0 Å². The molecule has 28 heavy (non-hydrogen) atoms. The fourth-order valence-electron chi connectivity index (χ4n) is 6.07. The van der Waals surface area contributed by atoms with Crippen molar-refractivity contribution in [1.82, 2.24) is 25.5 Å². The lowest BCUT2D eigenvalue weighted by Gasteiger charge is -2.54. The van der Waals surface area contributed by atoms with Crippen LogP contribution in [0, 0.1) is 37.5 Å². The normalized spacial score (nSPS) is 30.6. The predicted octanol–water partition coefficient (Wildman–Crippen LogP) is 3.31. The number of aryl methyl sites for hydroxylation is 2. The van der Waals surface area contributed by atoms with Crippen molar-refractivity contribution in [3.8, 4) is 5.69 Å². The van der Waals surface area contributed by atoms with Crippen LogP contribution in [0.5, 0.6) is 0 Å². The van der Waals surface area contributed by atoms with Crippen molar-refractivity contribution in [2.24, 2.45) is 23.7 Å². The summed E-state index contributed by atoms with van der Waals surface area (Å²) in [4.78, 5) is 12.7. The number of carbonyl (C=O) groups is 1. The SMILES string of the molecule is Cc1cccc(C)c1-n1nnnc1SCC(=O)NC1C2CC3CC(C2)CC1C3. The van der Waals surface area contributed by atoms with E-state index in [2.05, 4.69) is 46.8 Å². The van der Waals surface area contributed by atoms with Gasteiger partial charge in [0, 0.05) is 6.04 Å². The molecule has 2 aromatic rings. The second-order valence-electron chi connectivity index (χ2n) is 8.93. The quantitative estimate of drug-likeness (QED) is 0.784. The maximum absolute atomic E-state index is 12.7.